The van der Waals surface area contributed by atoms with E-state index >= 15 is 0 Å². The van der Waals surface area contributed by atoms with Gasteiger partial charge in [0.25, 0.3) is 5.56 Å². The van der Waals surface area contributed by atoms with E-state index in [2.05, 4.69) is 15.3 Å². The highest BCUT2D eigenvalue weighted by atomic mass is 32.2. The number of rotatable bonds is 7. The number of H-pyrrole nitrogens is 1. The maximum Gasteiger partial charge on any atom is 0.258 e. The molecule has 1 aliphatic heterocycles. The van der Waals surface area contributed by atoms with Crippen LogP contribution in [0.25, 0.3) is 10.9 Å². The minimum Gasteiger partial charge on any atom is -0.364 e. The largest absolute Gasteiger partial charge is 0.364 e. The summed E-state index contributed by atoms with van der Waals surface area (Å²) in [5.74, 6) is -0.0775. The van der Waals surface area contributed by atoms with E-state index in [9.17, 15) is 18.0 Å². The first kappa shape index (κ1) is 21.2. The SMILES string of the molecule is O=C(COCc1nc2ccccc2c(=O)[nH]1)Nc1ccc(S(=O)(=O)N2CCCC2)cc1. The Morgan fingerprint density at radius 1 is 1.10 bits per heavy atom. The van der Waals surface area contributed by atoms with Gasteiger partial charge < -0.3 is 15.0 Å². The summed E-state index contributed by atoms with van der Waals surface area (Å²) in [7, 11) is -3.49. The van der Waals surface area contributed by atoms with Gasteiger partial charge in [-0.3, -0.25) is 9.59 Å². The third-order valence-corrected chi connectivity index (χ3v) is 6.89. The molecular weight excluding hydrogens is 420 g/mol. The van der Waals surface area contributed by atoms with E-state index in [1.807, 2.05) is 0 Å². The molecular formula is C21H22N4O5S. The van der Waals surface area contributed by atoms with Crippen LogP contribution in [0.3, 0.4) is 0 Å². The zero-order chi connectivity index (χ0) is 21.8. The summed E-state index contributed by atoms with van der Waals surface area (Å²) in [6.07, 6.45) is 1.74. The molecule has 10 heteroatoms. The number of aromatic amines is 1. The van der Waals surface area contributed by atoms with Crippen LogP contribution in [0.4, 0.5) is 5.69 Å². The van der Waals surface area contributed by atoms with Gasteiger partial charge in [0.1, 0.15) is 19.0 Å². The average molecular weight is 442 g/mol. The van der Waals surface area contributed by atoms with Crippen LogP contribution < -0.4 is 10.9 Å². The Balaban J connectivity index is 1.31. The number of para-hydroxylation sites is 1. The summed E-state index contributed by atoms with van der Waals surface area (Å²) in [5, 5.41) is 3.14. The number of carbonyl (C=O) groups excluding carboxylic acids is 1. The van der Waals surface area contributed by atoms with Gasteiger partial charge >= 0.3 is 0 Å². The number of nitrogens with zero attached hydrogens (tertiary/aromatic N) is 2. The molecule has 1 fully saturated rings. The van der Waals surface area contributed by atoms with E-state index < -0.39 is 15.9 Å². The smallest absolute Gasteiger partial charge is 0.258 e. The van der Waals surface area contributed by atoms with Crippen molar-refractivity contribution in [1.29, 1.82) is 0 Å². The number of aromatic nitrogens is 2. The van der Waals surface area contributed by atoms with E-state index in [1.54, 1.807) is 36.4 Å². The maximum atomic E-state index is 12.5. The average Bonchev–Trinajstić information content (AvgIpc) is 3.30. The molecule has 2 aromatic carbocycles. The summed E-state index contributed by atoms with van der Waals surface area (Å²) in [4.78, 5) is 31.3. The van der Waals surface area contributed by atoms with Crippen molar-refractivity contribution in [2.75, 3.05) is 25.0 Å². The quantitative estimate of drug-likeness (QED) is 0.576. The van der Waals surface area contributed by atoms with Gasteiger partial charge in [0.2, 0.25) is 15.9 Å². The standard InChI is InChI=1S/C21H22N4O5S/c26-20(14-30-13-19-23-18-6-2-1-5-17(18)21(27)24-19)22-15-7-9-16(10-8-15)31(28,29)25-11-3-4-12-25/h1-2,5-10H,3-4,11-14H2,(H,22,26)(H,23,24,27). The van der Waals surface area contributed by atoms with E-state index in [-0.39, 0.29) is 23.7 Å². The predicted octanol–water partition coefficient (Wildman–Crippen LogP) is 1.86. The Hall–Kier alpha value is -3.08. The van der Waals surface area contributed by atoms with Crippen LogP contribution in [0.1, 0.15) is 18.7 Å². The van der Waals surface area contributed by atoms with Crippen LogP contribution in [0.5, 0.6) is 0 Å². The molecule has 2 N–H and O–H groups in total. The monoisotopic (exact) mass is 442 g/mol. The molecule has 1 aromatic heterocycles. The van der Waals surface area contributed by atoms with Crippen LogP contribution in [0.15, 0.2) is 58.2 Å². The Labute approximate surface area is 179 Å². The minimum absolute atomic E-state index is 0.0273. The van der Waals surface area contributed by atoms with Crippen molar-refractivity contribution < 1.29 is 17.9 Å². The molecule has 0 unspecified atom stereocenters. The van der Waals surface area contributed by atoms with Crippen LogP contribution >= 0.6 is 0 Å². The van der Waals surface area contributed by atoms with Gasteiger partial charge in [-0.05, 0) is 49.2 Å². The third-order valence-electron chi connectivity index (χ3n) is 4.97. The molecule has 0 spiro atoms. The normalized spacial score (nSPS) is 14.7. The second-order valence-electron chi connectivity index (χ2n) is 7.21. The number of fused-ring (bicyclic) bond motifs is 1. The molecule has 162 valence electrons. The van der Waals surface area contributed by atoms with Gasteiger partial charge in [-0.2, -0.15) is 4.31 Å². The summed E-state index contributed by atoms with van der Waals surface area (Å²) < 4.78 is 31.9. The summed E-state index contributed by atoms with van der Waals surface area (Å²) in [6.45, 7) is 0.801. The summed E-state index contributed by atoms with van der Waals surface area (Å²) in [5.41, 5.74) is 0.752. The number of benzene rings is 2. The van der Waals surface area contributed by atoms with Gasteiger partial charge in [-0.1, -0.05) is 12.1 Å². The van der Waals surface area contributed by atoms with Gasteiger partial charge in [-0.25, -0.2) is 13.4 Å². The van der Waals surface area contributed by atoms with Crippen molar-refractivity contribution in [1.82, 2.24) is 14.3 Å². The molecule has 0 bridgehead atoms. The molecule has 1 amide bonds. The second kappa shape index (κ2) is 8.96. The number of hydrogen-bond donors (Lipinski definition) is 2. The zero-order valence-electron chi connectivity index (χ0n) is 16.7. The lowest BCUT2D eigenvalue weighted by Gasteiger charge is -2.15. The first-order valence-corrected chi connectivity index (χ1v) is 11.3. The van der Waals surface area contributed by atoms with Gasteiger partial charge in [-0.15, -0.1) is 0 Å². The fourth-order valence-corrected chi connectivity index (χ4v) is 4.95. The van der Waals surface area contributed by atoms with Crippen molar-refractivity contribution in [3.8, 4) is 0 Å². The molecule has 9 nitrogen and oxygen atoms in total. The fourth-order valence-electron chi connectivity index (χ4n) is 3.43. The van der Waals surface area contributed by atoms with E-state index in [4.69, 9.17) is 4.74 Å². The van der Waals surface area contributed by atoms with Crippen molar-refractivity contribution >= 4 is 32.5 Å². The van der Waals surface area contributed by atoms with Crippen molar-refractivity contribution in [2.45, 2.75) is 24.3 Å². The molecule has 0 radical (unpaired) electrons. The number of anilines is 1. The molecule has 0 aliphatic carbocycles. The Morgan fingerprint density at radius 2 is 1.81 bits per heavy atom. The fraction of sp³-hybridized carbons (Fsp3) is 0.286. The van der Waals surface area contributed by atoms with Crippen molar-refractivity contribution in [3.63, 3.8) is 0 Å². The van der Waals surface area contributed by atoms with E-state index in [0.29, 0.717) is 35.5 Å². The first-order valence-electron chi connectivity index (χ1n) is 9.89. The number of ether oxygens (including phenoxy) is 1. The van der Waals surface area contributed by atoms with Gasteiger partial charge in [0, 0.05) is 18.8 Å². The second-order valence-corrected chi connectivity index (χ2v) is 9.14. The molecule has 1 aliphatic rings. The van der Waals surface area contributed by atoms with Gasteiger partial charge in [0.15, 0.2) is 0 Å². The third kappa shape index (κ3) is 4.82. The first-order chi connectivity index (χ1) is 14.9. The molecule has 1 saturated heterocycles. The van der Waals surface area contributed by atoms with Gasteiger partial charge in [0.05, 0.1) is 15.8 Å². The molecule has 3 aromatic rings. The van der Waals surface area contributed by atoms with Crippen molar-refractivity contribution in [3.05, 3.63) is 64.7 Å². The van der Waals surface area contributed by atoms with Crippen LogP contribution in [0.2, 0.25) is 0 Å². The molecule has 0 saturated carbocycles. The topological polar surface area (TPSA) is 121 Å². The highest BCUT2D eigenvalue weighted by molar-refractivity contribution is 7.89. The minimum atomic E-state index is -3.49. The van der Waals surface area contributed by atoms with E-state index in [1.165, 1.54) is 16.4 Å². The van der Waals surface area contributed by atoms with Crippen LogP contribution in [-0.2, 0) is 26.2 Å². The maximum absolute atomic E-state index is 12.5. The highest BCUT2D eigenvalue weighted by Gasteiger charge is 2.26. The van der Waals surface area contributed by atoms with E-state index in [0.717, 1.165) is 12.8 Å². The number of hydrogen-bond acceptors (Lipinski definition) is 6. The Morgan fingerprint density at radius 3 is 2.55 bits per heavy atom. The molecule has 31 heavy (non-hydrogen) atoms. The van der Waals surface area contributed by atoms with Crippen LogP contribution in [0, 0.1) is 0 Å². The summed E-state index contributed by atoms with van der Waals surface area (Å²) >= 11 is 0. The number of carbonyl (C=O) groups is 1. The Kier molecular flexibility index (Phi) is 6.12. The Bertz CT molecular complexity index is 1250. The van der Waals surface area contributed by atoms with Crippen molar-refractivity contribution in [2.24, 2.45) is 0 Å². The number of nitrogens with one attached hydrogen (secondary N) is 2. The highest BCUT2D eigenvalue weighted by Crippen LogP contribution is 2.22. The lowest BCUT2D eigenvalue weighted by molar-refractivity contribution is -0.121. The lowest BCUT2D eigenvalue weighted by Crippen LogP contribution is -2.27. The lowest BCUT2D eigenvalue weighted by atomic mass is 10.2. The number of sulfonamides is 1. The number of amides is 1. The molecule has 2 heterocycles. The zero-order valence-corrected chi connectivity index (χ0v) is 17.5. The molecule has 0 atom stereocenters. The molecule has 4 rings (SSSR count). The predicted molar refractivity (Wildman–Crippen MR) is 115 cm³/mol. The summed E-state index contributed by atoms with van der Waals surface area (Å²) in [6, 6.07) is 13.0. The van der Waals surface area contributed by atoms with Crippen LogP contribution in [-0.4, -0.2) is 48.3 Å².